The fourth-order valence-corrected chi connectivity index (χ4v) is 2.78. The van der Waals surface area contributed by atoms with E-state index in [0.717, 1.165) is 11.3 Å². The highest BCUT2D eigenvalue weighted by atomic mass is 16.5. The van der Waals surface area contributed by atoms with Gasteiger partial charge in [0, 0.05) is 5.69 Å². The molecule has 0 spiro atoms. The van der Waals surface area contributed by atoms with Crippen LogP contribution in [0.5, 0.6) is 5.75 Å². The predicted octanol–water partition coefficient (Wildman–Crippen LogP) is 3.06. The van der Waals surface area contributed by atoms with Crippen molar-refractivity contribution in [1.29, 1.82) is 0 Å². The lowest BCUT2D eigenvalue weighted by molar-refractivity contribution is -0.121. The van der Waals surface area contributed by atoms with E-state index >= 15 is 0 Å². The maximum Gasteiger partial charge on any atom is 0.256 e. The molecule has 1 fully saturated rings. The molecule has 0 aromatic heterocycles. The number of carbonyl (C=O) groups excluding carboxylic acids is 2. The van der Waals surface area contributed by atoms with Gasteiger partial charge in [-0.2, -0.15) is 0 Å². The van der Waals surface area contributed by atoms with Crippen molar-refractivity contribution in [3.05, 3.63) is 53.6 Å². The summed E-state index contributed by atoms with van der Waals surface area (Å²) >= 11 is 0. The smallest absolute Gasteiger partial charge is 0.256 e. The van der Waals surface area contributed by atoms with Gasteiger partial charge >= 0.3 is 0 Å². The number of aryl methyl sites for hydroxylation is 2. The van der Waals surface area contributed by atoms with Crippen molar-refractivity contribution in [2.24, 2.45) is 0 Å². The van der Waals surface area contributed by atoms with Crippen LogP contribution < -0.4 is 15.0 Å². The lowest BCUT2D eigenvalue weighted by Gasteiger charge is -2.17. The number of imide groups is 1. The maximum atomic E-state index is 12.6. The van der Waals surface area contributed by atoms with Gasteiger partial charge < -0.3 is 10.1 Å². The molecule has 2 aromatic rings. The standard InChI is InChI=1S/C19H20N2O3/c1-12-4-5-14(10-13(12)2)20-17-11-18(22)21(19(17)23)15-6-8-16(24-3)9-7-15/h4-10,17,20H,11H2,1-3H3/t17-/m1/s1. The van der Waals surface area contributed by atoms with E-state index in [1.807, 2.05) is 32.0 Å². The Morgan fingerprint density at radius 1 is 1.04 bits per heavy atom. The van der Waals surface area contributed by atoms with Crippen LogP contribution >= 0.6 is 0 Å². The third-order valence-electron chi connectivity index (χ3n) is 4.33. The van der Waals surface area contributed by atoms with Crippen LogP contribution in [-0.2, 0) is 9.59 Å². The molecule has 0 aliphatic carbocycles. The Hall–Kier alpha value is -2.82. The van der Waals surface area contributed by atoms with Crippen LogP contribution in [0.25, 0.3) is 0 Å². The molecule has 1 heterocycles. The Kier molecular flexibility index (Phi) is 4.25. The van der Waals surface area contributed by atoms with Crippen LogP contribution in [0.2, 0.25) is 0 Å². The van der Waals surface area contributed by atoms with Gasteiger partial charge in [-0.1, -0.05) is 6.07 Å². The Labute approximate surface area is 141 Å². The first kappa shape index (κ1) is 16.1. The van der Waals surface area contributed by atoms with Crippen LogP contribution in [0, 0.1) is 13.8 Å². The summed E-state index contributed by atoms with van der Waals surface area (Å²) in [7, 11) is 1.57. The molecule has 5 nitrogen and oxygen atoms in total. The number of methoxy groups -OCH3 is 1. The van der Waals surface area contributed by atoms with Gasteiger partial charge in [0.1, 0.15) is 11.8 Å². The molecule has 5 heteroatoms. The SMILES string of the molecule is COc1ccc(N2C(=O)C[C@@H](Nc3ccc(C)c(C)c3)C2=O)cc1. The Bertz CT molecular complexity index is 784. The topological polar surface area (TPSA) is 58.6 Å². The van der Waals surface area contributed by atoms with E-state index in [0.29, 0.717) is 11.4 Å². The number of nitrogens with one attached hydrogen (secondary N) is 1. The molecular formula is C19H20N2O3. The zero-order chi connectivity index (χ0) is 17.3. The second kappa shape index (κ2) is 6.35. The van der Waals surface area contributed by atoms with E-state index in [-0.39, 0.29) is 18.2 Å². The van der Waals surface area contributed by atoms with Crippen LogP contribution in [0.3, 0.4) is 0 Å². The van der Waals surface area contributed by atoms with Crippen molar-refractivity contribution in [2.75, 3.05) is 17.3 Å². The summed E-state index contributed by atoms with van der Waals surface area (Å²) < 4.78 is 5.11. The maximum absolute atomic E-state index is 12.6. The molecule has 1 saturated heterocycles. The normalized spacial score (nSPS) is 17.3. The molecule has 24 heavy (non-hydrogen) atoms. The summed E-state index contributed by atoms with van der Waals surface area (Å²) in [5.41, 5.74) is 3.74. The van der Waals surface area contributed by atoms with Gasteiger partial charge in [0.25, 0.3) is 5.91 Å². The minimum absolute atomic E-state index is 0.151. The summed E-state index contributed by atoms with van der Waals surface area (Å²) in [6.45, 7) is 4.06. The van der Waals surface area contributed by atoms with E-state index in [2.05, 4.69) is 5.32 Å². The molecule has 124 valence electrons. The number of nitrogens with zero attached hydrogens (tertiary/aromatic N) is 1. The molecule has 1 atom stereocenters. The minimum atomic E-state index is -0.540. The highest BCUT2D eigenvalue weighted by Gasteiger charge is 2.39. The third kappa shape index (κ3) is 2.97. The van der Waals surface area contributed by atoms with Crippen molar-refractivity contribution in [3.8, 4) is 5.75 Å². The van der Waals surface area contributed by atoms with Gasteiger partial charge in [0.2, 0.25) is 5.91 Å². The van der Waals surface area contributed by atoms with E-state index in [1.54, 1.807) is 31.4 Å². The zero-order valence-electron chi connectivity index (χ0n) is 14.0. The first-order valence-electron chi connectivity index (χ1n) is 7.84. The number of hydrogen-bond donors (Lipinski definition) is 1. The van der Waals surface area contributed by atoms with Gasteiger partial charge in [-0.05, 0) is 61.4 Å². The summed E-state index contributed by atoms with van der Waals surface area (Å²) in [4.78, 5) is 26.2. The van der Waals surface area contributed by atoms with Crippen LogP contribution in [-0.4, -0.2) is 25.0 Å². The van der Waals surface area contributed by atoms with Gasteiger partial charge in [-0.25, -0.2) is 4.90 Å². The monoisotopic (exact) mass is 324 g/mol. The molecule has 0 saturated carbocycles. The number of ether oxygens (including phenoxy) is 1. The molecule has 1 N–H and O–H groups in total. The lowest BCUT2D eigenvalue weighted by Crippen LogP contribution is -2.34. The lowest BCUT2D eigenvalue weighted by atomic mass is 10.1. The molecule has 0 radical (unpaired) electrons. The molecular weight excluding hydrogens is 304 g/mol. The van der Waals surface area contributed by atoms with E-state index in [1.165, 1.54) is 10.5 Å². The number of rotatable bonds is 4. The Morgan fingerprint density at radius 3 is 2.38 bits per heavy atom. The molecule has 2 amide bonds. The Balaban J connectivity index is 1.79. The number of carbonyl (C=O) groups is 2. The van der Waals surface area contributed by atoms with Crippen LogP contribution in [0.4, 0.5) is 11.4 Å². The molecule has 3 rings (SSSR count). The van der Waals surface area contributed by atoms with Crippen molar-refractivity contribution < 1.29 is 14.3 Å². The number of benzene rings is 2. The molecule has 0 bridgehead atoms. The van der Waals surface area contributed by atoms with Crippen LogP contribution in [0.15, 0.2) is 42.5 Å². The predicted molar refractivity (Wildman–Crippen MR) is 93.4 cm³/mol. The molecule has 1 aliphatic rings. The number of amides is 2. The number of hydrogen-bond acceptors (Lipinski definition) is 4. The molecule has 0 unspecified atom stereocenters. The van der Waals surface area contributed by atoms with E-state index in [4.69, 9.17) is 4.74 Å². The minimum Gasteiger partial charge on any atom is -0.497 e. The van der Waals surface area contributed by atoms with Gasteiger partial charge in [-0.3, -0.25) is 9.59 Å². The fourth-order valence-electron chi connectivity index (χ4n) is 2.78. The van der Waals surface area contributed by atoms with Crippen molar-refractivity contribution in [2.45, 2.75) is 26.3 Å². The van der Waals surface area contributed by atoms with Crippen molar-refractivity contribution in [1.82, 2.24) is 0 Å². The van der Waals surface area contributed by atoms with Crippen LogP contribution in [0.1, 0.15) is 17.5 Å². The Morgan fingerprint density at radius 2 is 1.75 bits per heavy atom. The van der Waals surface area contributed by atoms with Crippen molar-refractivity contribution in [3.63, 3.8) is 0 Å². The second-order valence-corrected chi connectivity index (χ2v) is 5.97. The summed E-state index contributed by atoms with van der Waals surface area (Å²) in [6, 6.07) is 12.3. The second-order valence-electron chi connectivity index (χ2n) is 5.97. The van der Waals surface area contributed by atoms with Crippen molar-refractivity contribution >= 4 is 23.2 Å². The average Bonchev–Trinajstić information content (AvgIpc) is 2.85. The highest BCUT2D eigenvalue weighted by molar-refractivity contribution is 6.23. The average molecular weight is 324 g/mol. The summed E-state index contributed by atoms with van der Waals surface area (Å²) in [5.74, 6) is 0.248. The largest absolute Gasteiger partial charge is 0.497 e. The quantitative estimate of drug-likeness (QED) is 0.878. The zero-order valence-corrected chi connectivity index (χ0v) is 14.0. The first-order valence-corrected chi connectivity index (χ1v) is 7.84. The number of anilines is 2. The molecule has 2 aromatic carbocycles. The fraction of sp³-hybridized carbons (Fsp3) is 0.263. The van der Waals surface area contributed by atoms with Gasteiger partial charge in [-0.15, -0.1) is 0 Å². The summed E-state index contributed by atoms with van der Waals surface area (Å²) in [5, 5.41) is 3.17. The molecule has 1 aliphatic heterocycles. The third-order valence-corrected chi connectivity index (χ3v) is 4.33. The van der Waals surface area contributed by atoms with Gasteiger partial charge in [0.05, 0.1) is 19.2 Å². The highest BCUT2D eigenvalue weighted by Crippen LogP contribution is 2.27. The summed E-state index contributed by atoms with van der Waals surface area (Å²) in [6.07, 6.45) is 0.151. The van der Waals surface area contributed by atoms with Gasteiger partial charge in [0.15, 0.2) is 0 Å². The van der Waals surface area contributed by atoms with E-state index < -0.39 is 6.04 Å². The van der Waals surface area contributed by atoms with E-state index in [9.17, 15) is 9.59 Å². The first-order chi connectivity index (χ1) is 11.5.